The molecule has 4 rings (SSSR count). The molecule has 2 heterocycles. The highest BCUT2D eigenvalue weighted by molar-refractivity contribution is 7.80. The summed E-state index contributed by atoms with van der Waals surface area (Å²) < 4.78 is 17.9. The van der Waals surface area contributed by atoms with Gasteiger partial charge in [0.05, 0.1) is 37.5 Å². The van der Waals surface area contributed by atoms with E-state index < -0.39 is 0 Å². The summed E-state index contributed by atoms with van der Waals surface area (Å²) in [5.74, 6) is 0. The molecule has 6 nitrogen and oxygen atoms in total. The molecule has 0 radical (unpaired) electrons. The van der Waals surface area contributed by atoms with Gasteiger partial charge >= 0.3 is 0 Å². The molecule has 2 aromatic rings. The summed E-state index contributed by atoms with van der Waals surface area (Å²) in [5.41, 5.74) is 2.47. The van der Waals surface area contributed by atoms with E-state index in [0.717, 1.165) is 11.3 Å². The van der Waals surface area contributed by atoms with Crippen LogP contribution in [0.25, 0.3) is 0 Å². The molecule has 2 aliphatic rings. The zero-order valence-electron chi connectivity index (χ0n) is 15.2. The van der Waals surface area contributed by atoms with Gasteiger partial charge in [-0.25, -0.2) is 0 Å². The number of hydrogen-bond donors (Lipinski definition) is 2. The molecular formula is C21H21N3O3S. The van der Waals surface area contributed by atoms with Gasteiger partial charge in [-0.1, -0.05) is 36.4 Å². The Bertz CT molecular complexity index is 871. The number of nitrogens with zero attached hydrogens (tertiary/aromatic N) is 1. The topological polar surface area (TPSA) is 75.5 Å². The Kier molecular flexibility index (Phi) is 5.84. The van der Waals surface area contributed by atoms with Gasteiger partial charge in [-0.05, 0) is 36.0 Å². The van der Waals surface area contributed by atoms with Crippen LogP contribution in [0.2, 0.25) is 0 Å². The summed E-state index contributed by atoms with van der Waals surface area (Å²) in [4.78, 5) is 0. The minimum absolute atomic E-state index is 0.0468. The summed E-state index contributed by atoms with van der Waals surface area (Å²) in [6.07, 6.45) is -0.303. The van der Waals surface area contributed by atoms with Crippen molar-refractivity contribution >= 4 is 23.0 Å². The number of anilines is 1. The molecule has 4 atom stereocenters. The van der Waals surface area contributed by atoms with Gasteiger partial charge in [0.15, 0.2) is 5.11 Å². The number of hydrogen-bond acceptors (Lipinski definition) is 5. The van der Waals surface area contributed by atoms with Gasteiger partial charge in [-0.2, -0.15) is 5.26 Å². The Morgan fingerprint density at radius 1 is 1.11 bits per heavy atom. The number of rotatable bonds is 5. The van der Waals surface area contributed by atoms with Crippen molar-refractivity contribution in [3.63, 3.8) is 0 Å². The van der Waals surface area contributed by atoms with Crippen LogP contribution in [0.3, 0.4) is 0 Å². The van der Waals surface area contributed by atoms with Gasteiger partial charge in [-0.3, -0.25) is 0 Å². The highest BCUT2D eigenvalue weighted by Gasteiger charge is 2.48. The van der Waals surface area contributed by atoms with Crippen molar-refractivity contribution in [2.75, 3.05) is 18.5 Å². The monoisotopic (exact) mass is 395 g/mol. The van der Waals surface area contributed by atoms with Crippen LogP contribution >= 0.6 is 12.2 Å². The number of ether oxygens (including phenoxy) is 3. The fourth-order valence-corrected chi connectivity index (χ4v) is 3.78. The molecule has 4 unspecified atom stereocenters. The minimum atomic E-state index is -0.106. The van der Waals surface area contributed by atoms with Crippen LogP contribution in [0.15, 0.2) is 54.6 Å². The molecule has 0 saturated carbocycles. The number of thiocarbonyl (C=S) groups is 1. The molecule has 0 spiro atoms. The van der Waals surface area contributed by atoms with Crippen LogP contribution in [0, 0.1) is 11.3 Å². The molecule has 144 valence electrons. The summed E-state index contributed by atoms with van der Waals surface area (Å²) in [6, 6.07) is 19.3. The molecule has 0 aromatic heterocycles. The lowest BCUT2D eigenvalue weighted by molar-refractivity contribution is -0.0391. The fourth-order valence-electron chi connectivity index (χ4n) is 3.51. The maximum absolute atomic E-state index is 9.00. The van der Waals surface area contributed by atoms with E-state index in [-0.39, 0.29) is 24.4 Å². The maximum atomic E-state index is 9.00. The van der Waals surface area contributed by atoms with Crippen molar-refractivity contribution < 1.29 is 14.2 Å². The Morgan fingerprint density at radius 2 is 1.93 bits per heavy atom. The first-order valence-electron chi connectivity index (χ1n) is 9.19. The number of nitriles is 1. The van der Waals surface area contributed by atoms with Crippen molar-refractivity contribution in [3.05, 3.63) is 65.7 Å². The zero-order valence-corrected chi connectivity index (χ0v) is 16.0. The van der Waals surface area contributed by atoms with Crippen LogP contribution in [0.1, 0.15) is 11.1 Å². The lowest BCUT2D eigenvalue weighted by atomic mass is 10.1. The van der Waals surface area contributed by atoms with Gasteiger partial charge in [-0.15, -0.1) is 0 Å². The normalized spacial score (nSPS) is 25.7. The van der Waals surface area contributed by atoms with Gasteiger partial charge in [0.25, 0.3) is 0 Å². The van der Waals surface area contributed by atoms with E-state index in [2.05, 4.69) is 16.7 Å². The Labute approximate surface area is 169 Å². The highest BCUT2D eigenvalue weighted by atomic mass is 32.1. The first-order chi connectivity index (χ1) is 13.7. The van der Waals surface area contributed by atoms with E-state index in [1.165, 1.54) is 0 Å². The predicted octanol–water partition coefficient (Wildman–Crippen LogP) is 2.60. The van der Waals surface area contributed by atoms with Crippen molar-refractivity contribution in [1.29, 1.82) is 5.26 Å². The lowest BCUT2D eigenvalue weighted by Crippen LogP contribution is -2.45. The third-order valence-corrected chi connectivity index (χ3v) is 5.10. The third kappa shape index (κ3) is 4.32. The van der Waals surface area contributed by atoms with Crippen molar-refractivity contribution in [3.8, 4) is 6.07 Å². The van der Waals surface area contributed by atoms with Crippen molar-refractivity contribution in [1.82, 2.24) is 5.32 Å². The number of benzene rings is 2. The first kappa shape index (κ1) is 18.8. The molecule has 0 bridgehead atoms. The molecule has 0 aliphatic carbocycles. The standard InChI is InChI=1S/C21H21N3O3S/c22-10-15-7-4-8-16(9-15)23-21(28)24-17-12-26-20-18(13-27-19(17)20)25-11-14-5-2-1-3-6-14/h1-9,17-20H,11-13H2,(H2,23,24,28). The third-order valence-electron chi connectivity index (χ3n) is 4.88. The average molecular weight is 395 g/mol. The quantitative estimate of drug-likeness (QED) is 0.754. The second kappa shape index (κ2) is 8.67. The summed E-state index contributed by atoms with van der Waals surface area (Å²) in [5, 5.41) is 15.8. The molecule has 2 aliphatic heterocycles. The van der Waals surface area contributed by atoms with Gasteiger partial charge in [0.2, 0.25) is 0 Å². The van der Waals surface area contributed by atoms with E-state index in [1.54, 1.807) is 12.1 Å². The molecule has 2 saturated heterocycles. The molecule has 2 aromatic carbocycles. The fraction of sp³-hybridized carbons (Fsp3) is 0.333. The Morgan fingerprint density at radius 3 is 2.75 bits per heavy atom. The van der Waals surface area contributed by atoms with E-state index in [1.807, 2.05) is 42.5 Å². The summed E-state index contributed by atoms with van der Waals surface area (Å²) >= 11 is 5.41. The SMILES string of the molecule is N#Cc1cccc(NC(=S)NC2COC3C(OCc4ccccc4)COC23)c1. The van der Waals surface area contributed by atoms with E-state index >= 15 is 0 Å². The van der Waals surface area contributed by atoms with Gasteiger partial charge in [0.1, 0.15) is 18.3 Å². The molecule has 0 amide bonds. The van der Waals surface area contributed by atoms with E-state index in [0.29, 0.717) is 30.5 Å². The minimum Gasteiger partial charge on any atom is -0.370 e. The van der Waals surface area contributed by atoms with Crippen LogP contribution in [0.4, 0.5) is 5.69 Å². The number of fused-ring (bicyclic) bond motifs is 1. The highest BCUT2D eigenvalue weighted by Crippen LogP contribution is 2.29. The largest absolute Gasteiger partial charge is 0.370 e. The van der Waals surface area contributed by atoms with Gasteiger partial charge in [0, 0.05) is 5.69 Å². The molecule has 7 heteroatoms. The average Bonchev–Trinajstić information content (AvgIpc) is 3.30. The summed E-state index contributed by atoms with van der Waals surface area (Å²) in [7, 11) is 0. The van der Waals surface area contributed by atoms with Crippen LogP contribution < -0.4 is 10.6 Å². The van der Waals surface area contributed by atoms with E-state index in [4.69, 9.17) is 31.7 Å². The van der Waals surface area contributed by atoms with Crippen molar-refractivity contribution in [2.45, 2.75) is 31.0 Å². The summed E-state index contributed by atoms with van der Waals surface area (Å²) in [6.45, 7) is 1.54. The van der Waals surface area contributed by atoms with Crippen LogP contribution in [0.5, 0.6) is 0 Å². The van der Waals surface area contributed by atoms with Crippen molar-refractivity contribution in [2.24, 2.45) is 0 Å². The number of nitrogens with one attached hydrogen (secondary N) is 2. The van der Waals surface area contributed by atoms with Crippen LogP contribution in [-0.2, 0) is 20.8 Å². The lowest BCUT2D eigenvalue weighted by Gasteiger charge is -2.20. The maximum Gasteiger partial charge on any atom is 0.171 e. The zero-order chi connectivity index (χ0) is 19.3. The Hall–Kier alpha value is -2.50. The Balaban J connectivity index is 1.29. The predicted molar refractivity (Wildman–Crippen MR) is 109 cm³/mol. The molecular weight excluding hydrogens is 374 g/mol. The van der Waals surface area contributed by atoms with Gasteiger partial charge < -0.3 is 24.8 Å². The first-order valence-corrected chi connectivity index (χ1v) is 9.60. The molecule has 28 heavy (non-hydrogen) atoms. The van der Waals surface area contributed by atoms with Crippen LogP contribution in [-0.4, -0.2) is 42.7 Å². The van der Waals surface area contributed by atoms with E-state index in [9.17, 15) is 0 Å². The smallest absolute Gasteiger partial charge is 0.171 e. The molecule has 2 fully saturated rings. The second-order valence-corrected chi connectivity index (χ2v) is 7.24. The molecule has 2 N–H and O–H groups in total. The second-order valence-electron chi connectivity index (χ2n) is 6.83.